The van der Waals surface area contributed by atoms with Gasteiger partial charge in [0, 0.05) is 6.54 Å². The minimum Gasteiger partial charge on any atom is -0.490 e. The smallest absolute Gasteiger partial charge is 0.138 e. The number of ether oxygens (including phenoxy) is 1. The van der Waals surface area contributed by atoms with Crippen LogP contribution in [0.25, 0.3) is 0 Å². The van der Waals surface area contributed by atoms with Gasteiger partial charge in [-0.25, -0.2) is 0 Å². The molecule has 4 heteroatoms. The Bertz CT molecular complexity index is 391. The molecule has 0 aliphatic carbocycles. The lowest BCUT2D eigenvalue weighted by Gasteiger charge is -2.26. The monoisotopic (exact) mass is 268 g/mol. The summed E-state index contributed by atoms with van der Waals surface area (Å²) in [4.78, 5) is 2.41. The molecule has 0 amide bonds. The van der Waals surface area contributed by atoms with Gasteiger partial charge in [-0.1, -0.05) is 17.7 Å². The molecule has 2 rings (SSSR count). The Morgan fingerprint density at radius 2 is 2.11 bits per heavy atom. The molecule has 18 heavy (non-hydrogen) atoms. The molecule has 0 spiro atoms. The Labute approximate surface area is 114 Å². The molecule has 1 unspecified atom stereocenters. The molecule has 0 saturated carbocycles. The van der Waals surface area contributed by atoms with Crippen molar-refractivity contribution in [2.75, 3.05) is 26.2 Å². The lowest BCUT2D eigenvalue weighted by molar-refractivity contribution is 0.165. The Morgan fingerprint density at radius 1 is 1.39 bits per heavy atom. The molecule has 1 saturated heterocycles. The van der Waals surface area contributed by atoms with Crippen LogP contribution in [0.2, 0.25) is 5.02 Å². The van der Waals surface area contributed by atoms with Crippen molar-refractivity contribution in [3.05, 3.63) is 28.8 Å². The van der Waals surface area contributed by atoms with Crippen LogP contribution < -0.4 is 10.5 Å². The van der Waals surface area contributed by atoms with Gasteiger partial charge in [0.25, 0.3) is 0 Å². The number of rotatable bonds is 5. The molecule has 3 nitrogen and oxygen atoms in total. The van der Waals surface area contributed by atoms with Gasteiger partial charge >= 0.3 is 0 Å². The first-order valence-corrected chi connectivity index (χ1v) is 6.91. The van der Waals surface area contributed by atoms with E-state index in [2.05, 4.69) is 4.90 Å². The number of nitrogens with two attached hydrogens (primary N) is 1. The van der Waals surface area contributed by atoms with E-state index in [9.17, 15) is 0 Å². The molecule has 0 bridgehead atoms. The third kappa shape index (κ3) is 3.37. The molecule has 0 radical (unpaired) electrons. The maximum atomic E-state index is 6.11. The highest BCUT2D eigenvalue weighted by Crippen LogP contribution is 2.25. The third-order valence-corrected chi connectivity index (χ3v) is 3.76. The molecule has 0 aromatic heterocycles. The predicted octanol–water partition coefficient (Wildman–Crippen LogP) is 2.45. The summed E-state index contributed by atoms with van der Waals surface area (Å²) >= 11 is 6.11. The van der Waals surface area contributed by atoms with E-state index < -0.39 is 0 Å². The summed E-state index contributed by atoms with van der Waals surface area (Å²) in [5, 5.41) is 0.665. The van der Waals surface area contributed by atoms with Crippen LogP contribution >= 0.6 is 11.6 Å². The first-order valence-electron chi connectivity index (χ1n) is 6.54. The SMILES string of the molecule is Cc1ccc(Cl)c(OCC(CN)N2CCCC2)c1. The minimum atomic E-state index is 0.295. The summed E-state index contributed by atoms with van der Waals surface area (Å²) < 4.78 is 5.83. The van der Waals surface area contributed by atoms with Crippen LogP contribution in [-0.4, -0.2) is 37.2 Å². The zero-order chi connectivity index (χ0) is 13.0. The third-order valence-electron chi connectivity index (χ3n) is 3.45. The van der Waals surface area contributed by atoms with Crippen molar-refractivity contribution in [2.45, 2.75) is 25.8 Å². The fourth-order valence-corrected chi connectivity index (χ4v) is 2.51. The van der Waals surface area contributed by atoms with E-state index in [1.165, 1.54) is 12.8 Å². The predicted molar refractivity (Wildman–Crippen MR) is 75.3 cm³/mol. The first kappa shape index (κ1) is 13.7. The summed E-state index contributed by atoms with van der Waals surface area (Å²) in [5.41, 5.74) is 6.98. The van der Waals surface area contributed by atoms with Gasteiger partial charge in [0.1, 0.15) is 12.4 Å². The zero-order valence-corrected chi connectivity index (χ0v) is 11.6. The molecule has 1 atom stereocenters. The molecule has 1 aromatic carbocycles. The van der Waals surface area contributed by atoms with Crippen molar-refractivity contribution < 1.29 is 4.74 Å². The second kappa shape index (κ2) is 6.41. The molecular weight excluding hydrogens is 248 g/mol. The van der Waals surface area contributed by atoms with Gasteiger partial charge in [0.2, 0.25) is 0 Å². The van der Waals surface area contributed by atoms with Crippen LogP contribution in [0.15, 0.2) is 18.2 Å². The van der Waals surface area contributed by atoms with Gasteiger partial charge < -0.3 is 10.5 Å². The second-order valence-corrected chi connectivity index (χ2v) is 5.28. The zero-order valence-electron chi connectivity index (χ0n) is 10.9. The lowest BCUT2D eigenvalue weighted by Crippen LogP contribution is -2.42. The standard InChI is InChI=1S/C14H21ClN2O/c1-11-4-5-13(15)14(8-11)18-10-12(9-16)17-6-2-3-7-17/h4-5,8,12H,2-3,6-7,9-10,16H2,1H3. The van der Waals surface area contributed by atoms with Crippen LogP contribution in [-0.2, 0) is 0 Å². The summed E-state index contributed by atoms with van der Waals surface area (Å²) in [7, 11) is 0. The van der Waals surface area contributed by atoms with E-state index in [4.69, 9.17) is 22.1 Å². The lowest BCUT2D eigenvalue weighted by atomic mass is 10.2. The van der Waals surface area contributed by atoms with E-state index in [-0.39, 0.29) is 0 Å². The Kier molecular flexibility index (Phi) is 4.87. The number of hydrogen-bond acceptors (Lipinski definition) is 3. The fraction of sp³-hybridized carbons (Fsp3) is 0.571. The van der Waals surface area contributed by atoms with Gasteiger partial charge in [-0.05, 0) is 50.6 Å². The maximum absolute atomic E-state index is 6.11. The molecule has 100 valence electrons. The minimum absolute atomic E-state index is 0.295. The van der Waals surface area contributed by atoms with Crippen LogP contribution in [0.4, 0.5) is 0 Å². The van der Waals surface area contributed by atoms with E-state index in [1.54, 1.807) is 0 Å². The van der Waals surface area contributed by atoms with E-state index in [0.717, 1.165) is 24.4 Å². The quantitative estimate of drug-likeness (QED) is 0.892. The van der Waals surface area contributed by atoms with Crippen LogP contribution in [0.5, 0.6) is 5.75 Å². The van der Waals surface area contributed by atoms with E-state index in [0.29, 0.717) is 24.2 Å². The number of halogens is 1. The summed E-state index contributed by atoms with van der Waals surface area (Å²) in [6.07, 6.45) is 2.53. The Morgan fingerprint density at radius 3 is 2.78 bits per heavy atom. The van der Waals surface area contributed by atoms with Crippen LogP contribution in [0, 0.1) is 6.92 Å². The van der Waals surface area contributed by atoms with Crippen molar-refractivity contribution in [3.8, 4) is 5.75 Å². The average Bonchev–Trinajstić information content (AvgIpc) is 2.88. The first-order chi connectivity index (χ1) is 8.70. The number of aryl methyl sites for hydroxylation is 1. The molecule has 1 heterocycles. The molecule has 2 N–H and O–H groups in total. The van der Waals surface area contributed by atoms with Crippen LogP contribution in [0.3, 0.4) is 0 Å². The van der Waals surface area contributed by atoms with Gasteiger partial charge in [-0.2, -0.15) is 0 Å². The van der Waals surface area contributed by atoms with Crippen molar-refractivity contribution in [1.82, 2.24) is 4.90 Å². The van der Waals surface area contributed by atoms with Crippen LogP contribution in [0.1, 0.15) is 18.4 Å². The van der Waals surface area contributed by atoms with Crippen molar-refractivity contribution in [2.24, 2.45) is 5.73 Å². The number of hydrogen-bond donors (Lipinski definition) is 1. The highest BCUT2D eigenvalue weighted by atomic mass is 35.5. The number of nitrogens with zero attached hydrogens (tertiary/aromatic N) is 1. The van der Waals surface area contributed by atoms with Gasteiger partial charge in [0.05, 0.1) is 11.1 Å². The summed E-state index contributed by atoms with van der Waals surface area (Å²) in [6.45, 7) is 5.53. The normalized spacial score (nSPS) is 17.9. The summed E-state index contributed by atoms with van der Waals surface area (Å²) in [6, 6.07) is 6.12. The van der Waals surface area contributed by atoms with Gasteiger partial charge in [-0.3, -0.25) is 4.90 Å². The van der Waals surface area contributed by atoms with E-state index in [1.807, 2.05) is 25.1 Å². The highest BCUT2D eigenvalue weighted by Gasteiger charge is 2.21. The molecule has 1 aliphatic rings. The number of likely N-dealkylation sites (tertiary alicyclic amines) is 1. The highest BCUT2D eigenvalue weighted by molar-refractivity contribution is 6.32. The molecule has 1 aromatic rings. The Hall–Kier alpha value is -0.770. The van der Waals surface area contributed by atoms with E-state index >= 15 is 0 Å². The maximum Gasteiger partial charge on any atom is 0.138 e. The van der Waals surface area contributed by atoms with Crippen molar-refractivity contribution in [3.63, 3.8) is 0 Å². The average molecular weight is 269 g/mol. The Balaban J connectivity index is 1.94. The second-order valence-electron chi connectivity index (χ2n) is 4.88. The topological polar surface area (TPSA) is 38.5 Å². The molecular formula is C14H21ClN2O. The molecule has 1 aliphatic heterocycles. The number of benzene rings is 1. The van der Waals surface area contributed by atoms with Gasteiger partial charge in [0.15, 0.2) is 0 Å². The molecule has 1 fully saturated rings. The summed E-state index contributed by atoms with van der Waals surface area (Å²) in [5.74, 6) is 0.759. The van der Waals surface area contributed by atoms with Crippen molar-refractivity contribution in [1.29, 1.82) is 0 Å². The van der Waals surface area contributed by atoms with Crippen molar-refractivity contribution >= 4 is 11.6 Å². The van der Waals surface area contributed by atoms with Gasteiger partial charge in [-0.15, -0.1) is 0 Å². The largest absolute Gasteiger partial charge is 0.490 e. The fourth-order valence-electron chi connectivity index (χ4n) is 2.34.